The van der Waals surface area contributed by atoms with Crippen molar-refractivity contribution in [3.8, 4) is 11.1 Å². The Labute approximate surface area is 242 Å². The molecule has 3 aromatic rings. The van der Waals surface area contributed by atoms with Crippen LogP contribution in [0.4, 0.5) is 0 Å². The van der Waals surface area contributed by atoms with E-state index in [2.05, 4.69) is 97.9 Å². The molecule has 2 aliphatic rings. The second-order valence-corrected chi connectivity index (χ2v) is 13.9. The van der Waals surface area contributed by atoms with Crippen LogP contribution in [0.2, 0.25) is 15.1 Å². The first kappa shape index (κ1) is 27.3. The predicted molar refractivity (Wildman–Crippen MR) is 168 cm³/mol. The van der Waals surface area contributed by atoms with Crippen LogP contribution >= 0.6 is 34.8 Å². The van der Waals surface area contributed by atoms with E-state index in [-0.39, 0.29) is 10.8 Å². The molecule has 0 nitrogen and oxygen atoms in total. The van der Waals surface area contributed by atoms with E-state index < -0.39 is 0 Å². The van der Waals surface area contributed by atoms with Gasteiger partial charge in [0.25, 0.3) is 0 Å². The second kappa shape index (κ2) is 9.44. The lowest BCUT2D eigenvalue weighted by atomic mass is 9.76. The summed E-state index contributed by atoms with van der Waals surface area (Å²) in [5.41, 5.74) is 12.1. The summed E-state index contributed by atoms with van der Waals surface area (Å²) in [4.78, 5) is 0. The first-order valence-corrected chi connectivity index (χ1v) is 14.3. The highest BCUT2D eigenvalue weighted by atomic mass is 35.5. The molecule has 38 heavy (non-hydrogen) atoms. The smallest absolute Gasteiger partial charge is 0.0784 e. The van der Waals surface area contributed by atoms with Crippen molar-refractivity contribution in [2.45, 2.75) is 72.6 Å². The molecule has 0 aliphatic heterocycles. The Bertz CT molecular complexity index is 1680. The second-order valence-electron chi connectivity index (χ2n) is 12.7. The maximum atomic E-state index is 6.79. The Morgan fingerprint density at radius 3 is 2.11 bits per heavy atom. The van der Waals surface area contributed by atoms with Gasteiger partial charge >= 0.3 is 0 Å². The van der Waals surface area contributed by atoms with Gasteiger partial charge in [0.15, 0.2) is 0 Å². The van der Waals surface area contributed by atoms with E-state index in [1.54, 1.807) is 0 Å². The van der Waals surface area contributed by atoms with Crippen LogP contribution in [0.15, 0.2) is 48.6 Å². The van der Waals surface area contributed by atoms with Crippen molar-refractivity contribution in [1.29, 1.82) is 0 Å². The largest absolute Gasteiger partial charge is 0.0827 e. The minimum absolute atomic E-state index is 0.0689. The molecule has 0 saturated heterocycles. The van der Waals surface area contributed by atoms with Gasteiger partial charge in [0, 0.05) is 5.56 Å². The number of rotatable bonds is 2. The average Bonchev–Trinajstić information content (AvgIpc) is 3.44. The molecule has 3 aromatic carbocycles. The highest BCUT2D eigenvalue weighted by Crippen LogP contribution is 2.44. The molecule has 0 heterocycles. The molecule has 0 bridgehead atoms. The lowest BCUT2D eigenvalue weighted by Crippen LogP contribution is -2.31. The third kappa shape index (κ3) is 4.49. The number of hydrogen-bond donors (Lipinski definition) is 0. The minimum atomic E-state index is -0.0911. The lowest BCUT2D eigenvalue weighted by molar-refractivity contribution is 0.583. The van der Waals surface area contributed by atoms with Crippen molar-refractivity contribution in [3.05, 3.63) is 102 Å². The maximum Gasteiger partial charge on any atom is 0.0784 e. The van der Waals surface area contributed by atoms with Crippen LogP contribution in [-0.2, 0) is 10.8 Å². The molecule has 1 radical (unpaired) electrons. The molecule has 195 valence electrons. The van der Waals surface area contributed by atoms with E-state index in [1.165, 1.54) is 55.0 Å². The standard InChI is InChI=1S/C35H34Cl3/c1-19(2)26-18-27-22-13-12-21(34(3,4)5)16-20(22)17-28(27)30(31(26)35(6,7)8)24-11-9-10-23(24)25-14-15-29(36)33(38)32(25)37/h9-10,12-16,18H,11H2,1-8H3. The van der Waals surface area contributed by atoms with Crippen molar-refractivity contribution in [3.63, 3.8) is 0 Å². The van der Waals surface area contributed by atoms with Gasteiger partial charge in [-0.3, -0.25) is 0 Å². The molecule has 3 heteroatoms. The van der Waals surface area contributed by atoms with Crippen LogP contribution in [0, 0.1) is 0 Å². The SMILES string of the molecule is CC(C)=c1cc2c(c(C3=C(c4ccc(Cl)c(Cl)c4Cl)C=CC3)c1C(C)(C)C)=[C]c1cc(C(C)(C)C)ccc1-2. The summed E-state index contributed by atoms with van der Waals surface area (Å²) < 4.78 is 0. The number of benzene rings is 3. The van der Waals surface area contributed by atoms with E-state index in [4.69, 9.17) is 34.8 Å². The zero-order chi connectivity index (χ0) is 27.7. The maximum absolute atomic E-state index is 6.79. The summed E-state index contributed by atoms with van der Waals surface area (Å²) in [7, 11) is 0. The third-order valence-electron chi connectivity index (χ3n) is 7.61. The fourth-order valence-electron chi connectivity index (χ4n) is 5.71. The van der Waals surface area contributed by atoms with Crippen LogP contribution in [-0.4, -0.2) is 0 Å². The van der Waals surface area contributed by atoms with Gasteiger partial charge in [0.1, 0.15) is 0 Å². The van der Waals surface area contributed by atoms with Crippen LogP contribution in [0.25, 0.3) is 33.9 Å². The van der Waals surface area contributed by atoms with Crippen molar-refractivity contribution in [1.82, 2.24) is 0 Å². The Balaban J connectivity index is 1.93. The van der Waals surface area contributed by atoms with Gasteiger partial charge in [-0.2, -0.15) is 0 Å². The van der Waals surface area contributed by atoms with Gasteiger partial charge in [0.05, 0.1) is 15.1 Å². The van der Waals surface area contributed by atoms with Crippen LogP contribution < -0.4 is 10.4 Å². The van der Waals surface area contributed by atoms with E-state index in [9.17, 15) is 0 Å². The van der Waals surface area contributed by atoms with Gasteiger partial charge in [-0.1, -0.05) is 112 Å². The Morgan fingerprint density at radius 2 is 1.47 bits per heavy atom. The fourth-order valence-corrected chi connectivity index (χ4v) is 6.35. The summed E-state index contributed by atoms with van der Waals surface area (Å²) >= 11 is 19.6. The van der Waals surface area contributed by atoms with Gasteiger partial charge < -0.3 is 0 Å². The Morgan fingerprint density at radius 1 is 0.789 bits per heavy atom. The first-order chi connectivity index (χ1) is 17.7. The molecule has 2 aliphatic carbocycles. The molecule has 0 unspecified atom stereocenters. The number of hydrogen-bond acceptors (Lipinski definition) is 0. The molecule has 0 atom stereocenters. The summed E-state index contributed by atoms with van der Waals surface area (Å²) in [6.07, 6.45) is 9.08. The average molecular weight is 561 g/mol. The van der Waals surface area contributed by atoms with Crippen LogP contribution in [0.1, 0.15) is 89.6 Å². The normalized spacial score (nSPS) is 14.6. The molecule has 0 spiro atoms. The van der Waals surface area contributed by atoms with Gasteiger partial charge in [0.2, 0.25) is 0 Å². The van der Waals surface area contributed by atoms with E-state index in [1.807, 2.05) is 12.1 Å². The summed E-state index contributed by atoms with van der Waals surface area (Å²) in [5.74, 6) is 0. The van der Waals surface area contributed by atoms with Gasteiger partial charge in [-0.05, 0) is 110 Å². The molecule has 5 rings (SSSR count). The first-order valence-electron chi connectivity index (χ1n) is 13.2. The predicted octanol–water partition coefficient (Wildman–Crippen LogP) is 9.99. The van der Waals surface area contributed by atoms with E-state index in [0.29, 0.717) is 15.1 Å². The topological polar surface area (TPSA) is 0 Å². The van der Waals surface area contributed by atoms with Crippen molar-refractivity contribution in [2.75, 3.05) is 0 Å². The van der Waals surface area contributed by atoms with E-state index >= 15 is 0 Å². The molecule has 0 aromatic heterocycles. The van der Waals surface area contributed by atoms with Crippen LogP contribution in [0.3, 0.4) is 0 Å². The van der Waals surface area contributed by atoms with Crippen LogP contribution in [0.5, 0.6) is 0 Å². The zero-order valence-corrected chi connectivity index (χ0v) is 25.7. The van der Waals surface area contributed by atoms with Crippen molar-refractivity contribution >= 4 is 57.6 Å². The molecule has 0 saturated carbocycles. The van der Waals surface area contributed by atoms with Gasteiger partial charge in [-0.25, -0.2) is 0 Å². The minimum Gasteiger partial charge on any atom is -0.0827 e. The summed E-state index contributed by atoms with van der Waals surface area (Å²) in [6.45, 7) is 18.1. The van der Waals surface area contributed by atoms with Crippen molar-refractivity contribution < 1.29 is 0 Å². The number of allylic oxidation sites excluding steroid dienone is 4. The zero-order valence-electron chi connectivity index (χ0n) is 23.5. The Kier molecular flexibility index (Phi) is 6.79. The molecular weight excluding hydrogens is 527 g/mol. The quantitative estimate of drug-likeness (QED) is 0.214. The Hall–Kier alpha value is -2.25. The lowest BCUT2D eigenvalue weighted by Gasteiger charge is -2.27. The third-order valence-corrected chi connectivity index (χ3v) is 8.90. The molecular formula is C35H34Cl3. The highest BCUT2D eigenvalue weighted by molar-refractivity contribution is 6.48. The van der Waals surface area contributed by atoms with E-state index in [0.717, 1.165) is 17.6 Å². The molecule has 0 amide bonds. The van der Waals surface area contributed by atoms with Gasteiger partial charge in [-0.15, -0.1) is 0 Å². The highest BCUT2D eigenvalue weighted by Gasteiger charge is 2.30. The summed E-state index contributed by atoms with van der Waals surface area (Å²) in [5, 5.41) is 3.83. The van der Waals surface area contributed by atoms with Crippen molar-refractivity contribution in [2.24, 2.45) is 0 Å². The number of halogens is 3. The molecule has 0 fully saturated rings. The monoisotopic (exact) mass is 559 g/mol. The summed E-state index contributed by atoms with van der Waals surface area (Å²) in [6, 6.07) is 13.1. The fraction of sp³-hybridized carbons (Fsp3) is 0.314. The molecule has 0 N–H and O–H groups in total. The number of fused-ring (bicyclic) bond motifs is 3.